The zero-order valence-corrected chi connectivity index (χ0v) is 15.4. The van der Waals surface area contributed by atoms with E-state index >= 15 is 0 Å². The molecule has 30 heavy (non-hydrogen) atoms. The minimum atomic E-state index is -0.636. The molecule has 2 heterocycles. The topological polar surface area (TPSA) is 141 Å². The van der Waals surface area contributed by atoms with Crippen molar-refractivity contribution in [3.05, 3.63) is 66.1 Å². The van der Waals surface area contributed by atoms with Gasteiger partial charge in [-0.1, -0.05) is 17.3 Å². The van der Waals surface area contributed by atoms with Gasteiger partial charge >= 0.3 is 0 Å². The van der Waals surface area contributed by atoms with Gasteiger partial charge in [-0.3, -0.25) is 9.59 Å². The smallest absolute Gasteiger partial charge is 0.251 e. The van der Waals surface area contributed by atoms with Crippen molar-refractivity contribution in [2.45, 2.75) is 0 Å². The Bertz CT molecular complexity index is 1260. The van der Waals surface area contributed by atoms with E-state index in [9.17, 15) is 14.0 Å². The third-order valence-electron chi connectivity index (χ3n) is 4.05. The Morgan fingerprint density at radius 1 is 1.13 bits per heavy atom. The quantitative estimate of drug-likeness (QED) is 0.438. The van der Waals surface area contributed by atoms with Gasteiger partial charge < -0.3 is 16.4 Å². The summed E-state index contributed by atoms with van der Waals surface area (Å²) in [6.07, 6.45) is 1.48. The fourth-order valence-electron chi connectivity index (χ4n) is 2.71. The van der Waals surface area contributed by atoms with Crippen LogP contribution in [0.3, 0.4) is 0 Å². The Labute approximate surface area is 168 Å². The molecule has 4 N–H and O–H groups in total. The first-order valence-corrected chi connectivity index (χ1v) is 8.77. The Kier molecular flexibility index (Phi) is 4.99. The molecule has 2 aromatic carbocycles. The summed E-state index contributed by atoms with van der Waals surface area (Å²) in [6, 6.07) is 12.4. The van der Waals surface area contributed by atoms with Crippen LogP contribution in [-0.4, -0.2) is 43.3 Å². The molecule has 150 valence electrons. The minimum absolute atomic E-state index is 0.233. The van der Waals surface area contributed by atoms with Gasteiger partial charge in [-0.05, 0) is 36.4 Å². The maximum atomic E-state index is 13.6. The summed E-state index contributed by atoms with van der Waals surface area (Å²) in [5.41, 5.74) is 7.19. The van der Waals surface area contributed by atoms with Gasteiger partial charge in [-0.15, -0.1) is 5.10 Å². The van der Waals surface area contributed by atoms with Gasteiger partial charge in [0.05, 0.1) is 18.4 Å². The minimum Gasteiger partial charge on any atom is -0.368 e. The van der Waals surface area contributed by atoms with Crippen molar-refractivity contribution in [1.29, 1.82) is 0 Å². The molecule has 0 aliphatic rings. The highest BCUT2D eigenvalue weighted by molar-refractivity contribution is 5.97. The number of anilines is 2. The number of halogens is 1. The number of nitrogens with one attached hydrogen (secondary N) is 2. The molecule has 0 unspecified atom stereocenters. The van der Waals surface area contributed by atoms with Gasteiger partial charge in [0.25, 0.3) is 5.91 Å². The van der Waals surface area contributed by atoms with Crippen molar-refractivity contribution in [2.24, 2.45) is 5.73 Å². The summed E-state index contributed by atoms with van der Waals surface area (Å²) in [4.78, 5) is 31.5. The summed E-state index contributed by atoms with van der Waals surface area (Å²) < 4.78 is 15.0. The number of carbonyl (C=O) groups is 2. The first-order chi connectivity index (χ1) is 14.5. The lowest BCUT2D eigenvalue weighted by molar-refractivity contribution is -0.117. The van der Waals surface area contributed by atoms with Crippen molar-refractivity contribution in [3.63, 3.8) is 0 Å². The van der Waals surface area contributed by atoms with E-state index in [2.05, 4.69) is 30.9 Å². The number of aromatic nitrogens is 5. The summed E-state index contributed by atoms with van der Waals surface area (Å²) in [7, 11) is 0. The van der Waals surface area contributed by atoms with Crippen LogP contribution >= 0.6 is 0 Å². The molecule has 2 amide bonds. The normalized spacial score (nSPS) is 10.7. The maximum absolute atomic E-state index is 13.6. The number of carbonyl (C=O) groups excluding carboxylic acids is 2. The monoisotopic (exact) mass is 406 g/mol. The average molecular weight is 406 g/mol. The highest BCUT2D eigenvalue weighted by Crippen LogP contribution is 2.19. The number of primary amides is 1. The Morgan fingerprint density at radius 2 is 1.97 bits per heavy atom. The highest BCUT2D eigenvalue weighted by atomic mass is 19.1. The van der Waals surface area contributed by atoms with Crippen LogP contribution in [0.25, 0.3) is 16.9 Å². The largest absolute Gasteiger partial charge is 0.368 e. The van der Waals surface area contributed by atoms with Gasteiger partial charge in [0.15, 0.2) is 11.2 Å². The maximum Gasteiger partial charge on any atom is 0.251 e. The molecule has 0 bridgehead atoms. The SMILES string of the molecule is NC(=O)CNC(=O)c1cccc(Nc2ncc3nnn(-c4cccc(F)c4)c3n2)c1. The molecule has 0 spiro atoms. The van der Waals surface area contributed by atoms with Crippen LogP contribution in [0.15, 0.2) is 54.7 Å². The molecule has 0 aliphatic heterocycles. The Hall–Kier alpha value is -4.41. The van der Waals surface area contributed by atoms with Crippen LogP contribution in [0, 0.1) is 5.82 Å². The molecule has 4 rings (SSSR count). The molecular formula is C19H15FN8O2. The molecular weight excluding hydrogens is 391 g/mol. The van der Waals surface area contributed by atoms with Crippen LogP contribution in [-0.2, 0) is 4.79 Å². The summed E-state index contributed by atoms with van der Waals surface area (Å²) >= 11 is 0. The van der Waals surface area contributed by atoms with Crippen LogP contribution < -0.4 is 16.4 Å². The van der Waals surface area contributed by atoms with Gasteiger partial charge in [0.1, 0.15) is 5.82 Å². The van der Waals surface area contributed by atoms with E-state index in [0.717, 1.165) is 0 Å². The highest BCUT2D eigenvalue weighted by Gasteiger charge is 2.12. The van der Waals surface area contributed by atoms with E-state index in [4.69, 9.17) is 5.73 Å². The Morgan fingerprint density at radius 3 is 2.77 bits per heavy atom. The zero-order chi connectivity index (χ0) is 21.1. The lowest BCUT2D eigenvalue weighted by Gasteiger charge is -2.08. The van der Waals surface area contributed by atoms with E-state index in [1.165, 1.54) is 23.0 Å². The number of rotatable bonds is 6. The molecule has 0 saturated carbocycles. The Balaban J connectivity index is 1.60. The van der Waals surface area contributed by atoms with Crippen LogP contribution in [0.2, 0.25) is 0 Å². The number of benzene rings is 2. The lowest BCUT2D eigenvalue weighted by atomic mass is 10.2. The molecule has 4 aromatic rings. The van der Waals surface area contributed by atoms with E-state index in [-0.39, 0.29) is 12.5 Å². The zero-order valence-electron chi connectivity index (χ0n) is 15.4. The number of nitrogens with two attached hydrogens (primary N) is 1. The van der Waals surface area contributed by atoms with Gasteiger partial charge in [-0.2, -0.15) is 9.67 Å². The standard InChI is InChI=1S/C19H15FN8O2/c20-12-4-2-6-14(8-12)28-17-15(26-27-28)9-23-19(25-17)24-13-5-1-3-11(7-13)18(30)22-10-16(21)29/h1-9H,10H2,(H2,21,29)(H,22,30)(H,23,24,25). The van der Waals surface area contributed by atoms with Crippen molar-refractivity contribution >= 4 is 34.6 Å². The van der Waals surface area contributed by atoms with E-state index in [1.54, 1.807) is 36.4 Å². The molecule has 0 saturated heterocycles. The second-order valence-corrected chi connectivity index (χ2v) is 6.24. The number of amides is 2. The number of fused-ring (bicyclic) bond motifs is 1. The van der Waals surface area contributed by atoms with Gasteiger partial charge in [0.2, 0.25) is 11.9 Å². The summed E-state index contributed by atoms with van der Waals surface area (Å²) in [5.74, 6) is -1.25. The summed E-state index contributed by atoms with van der Waals surface area (Å²) in [5, 5.41) is 13.4. The fourth-order valence-corrected chi connectivity index (χ4v) is 2.71. The second-order valence-electron chi connectivity index (χ2n) is 6.24. The van der Waals surface area contributed by atoms with Crippen LogP contribution in [0.1, 0.15) is 10.4 Å². The molecule has 0 aliphatic carbocycles. The summed E-state index contributed by atoms with van der Waals surface area (Å²) in [6.45, 7) is -0.257. The van der Waals surface area contributed by atoms with E-state index in [1.807, 2.05) is 0 Å². The van der Waals surface area contributed by atoms with Crippen LogP contribution in [0.5, 0.6) is 0 Å². The van der Waals surface area contributed by atoms with Crippen molar-refractivity contribution in [1.82, 2.24) is 30.3 Å². The molecule has 2 aromatic heterocycles. The lowest BCUT2D eigenvalue weighted by Crippen LogP contribution is -2.33. The first kappa shape index (κ1) is 18.9. The molecule has 11 heteroatoms. The van der Waals surface area contributed by atoms with Gasteiger partial charge in [-0.25, -0.2) is 9.37 Å². The predicted molar refractivity (Wildman–Crippen MR) is 106 cm³/mol. The van der Waals surface area contributed by atoms with Crippen molar-refractivity contribution in [3.8, 4) is 5.69 Å². The molecule has 0 radical (unpaired) electrons. The van der Waals surface area contributed by atoms with E-state index in [0.29, 0.717) is 28.1 Å². The third kappa shape index (κ3) is 4.04. The average Bonchev–Trinajstić information content (AvgIpc) is 3.15. The predicted octanol–water partition coefficient (Wildman–Crippen LogP) is 1.31. The fraction of sp³-hybridized carbons (Fsp3) is 0.0526. The molecule has 0 fully saturated rings. The molecule has 0 atom stereocenters. The number of nitrogens with zero attached hydrogens (tertiary/aromatic N) is 5. The number of hydrogen-bond acceptors (Lipinski definition) is 7. The van der Waals surface area contributed by atoms with Gasteiger partial charge in [0, 0.05) is 11.3 Å². The van der Waals surface area contributed by atoms with E-state index < -0.39 is 17.6 Å². The first-order valence-electron chi connectivity index (χ1n) is 8.77. The molecule has 10 nitrogen and oxygen atoms in total. The second kappa shape index (κ2) is 7.91. The third-order valence-corrected chi connectivity index (χ3v) is 4.05. The van der Waals surface area contributed by atoms with Crippen molar-refractivity contribution in [2.75, 3.05) is 11.9 Å². The number of hydrogen-bond donors (Lipinski definition) is 3. The van der Waals surface area contributed by atoms with Crippen molar-refractivity contribution < 1.29 is 14.0 Å². The van der Waals surface area contributed by atoms with Crippen LogP contribution in [0.4, 0.5) is 16.0 Å².